The van der Waals surface area contributed by atoms with E-state index < -0.39 is 4.92 Å². The van der Waals surface area contributed by atoms with E-state index in [0.29, 0.717) is 18.2 Å². The number of nitro benzene ring substituents is 1. The van der Waals surface area contributed by atoms with E-state index in [1.807, 2.05) is 7.05 Å². The van der Waals surface area contributed by atoms with Crippen molar-refractivity contribution in [3.63, 3.8) is 0 Å². The van der Waals surface area contributed by atoms with Crippen molar-refractivity contribution in [1.82, 2.24) is 4.90 Å². The Labute approximate surface area is 108 Å². The molecule has 1 aromatic carbocycles. The van der Waals surface area contributed by atoms with Crippen molar-refractivity contribution in [3.05, 3.63) is 33.9 Å². The Morgan fingerprint density at radius 3 is 2.72 bits per heavy atom. The van der Waals surface area contributed by atoms with Crippen LogP contribution in [0.1, 0.15) is 25.8 Å². The van der Waals surface area contributed by atoms with Crippen LogP contribution in [0.15, 0.2) is 18.2 Å². The number of nitrogens with zero attached hydrogens (tertiary/aromatic N) is 2. The Kier molecular flexibility index (Phi) is 5.09. The molecule has 1 rings (SSSR count). The van der Waals surface area contributed by atoms with Gasteiger partial charge in [-0.2, -0.15) is 0 Å². The average Bonchev–Trinajstić information content (AvgIpc) is 2.31. The molecule has 0 saturated carbocycles. The fourth-order valence-electron chi connectivity index (χ4n) is 1.86. The van der Waals surface area contributed by atoms with Crippen molar-refractivity contribution in [3.8, 4) is 0 Å². The smallest absolute Gasteiger partial charge is 0.269 e. The van der Waals surface area contributed by atoms with Gasteiger partial charge < -0.3 is 10.6 Å². The molecule has 0 fully saturated rings. The SMILES string of the molecule is CCC(C)CN(C)Cc1cc([N+](=O)[O-])ccc1N. The summed E-state index contributed by atoms with van der Waals surface area (Å²) in [4.78, 5) is 12.5. The zero-order valence-corrected chi connectivity index (χ0v) is 11.2. The quantitative estimate of drug-likeness (QED) is 0.479. The van der Waals surface area contributed by atoms with Crippen LogP contribution >= 0.6 is 0 Å². The molecule has 0 saturated heterocycles. The monoisotopic (exact) mass is 251 g/mol. The van der Waals surface area contributed by atoms with Crippen molar-refractivity contribution < 1.29 is 4.92 Å². The predicted octanol–water partition coefficient (Wildman–Crippen LogP) is 2.65. The van der Waals surface area contributed by atoms with E-state index in [1.54, 1.807) is 12.1 Å². The highest BCUT2D eigenvalue weighted by atomic mass is 16.6. The lowest BCUT2D eigenvalue weighted by Crippen LogP contribution is -2.24. The molecule has 0 aliphatic carbocycles. The van der Waals surface area contributed by atoms with Crippen LogP contribution in [-0.2, 0) is 6.54 Å². The molecule has 5 heteroatoms. The van der Waals surface area contributed by atoms with E-state index in [-0.39, 0.29) is 5.69 Å². The van der Waals surface area contributed by atoms with Crippen molar-refractivity contribution >= 4 is 11.4 Å². The lowest BCUT2D eigenvalue weighted by Gasteiger charge is -2.21. The van der Waals surface area contributed by atoms with Gasteiger partial charge >= 0.3 is 0 Å². The summed E-state index contributed by atoms with van der Waals surface area (Å²) in [5.41, 5.74) is 7.37. The highest BCUT2D eigenvalue weighted by molar-refractivity contribution is 5.52. The van der Waals surface area contributed by atoms with Gasteiger partial charge in [-0.1, -0.05) is 20.3 Å². The first-order chi connectivity index (χ1) is 8.43. The summed E-state index contributed by atoms with van der Waals surface area (Å²) in [6.45, 7) is 5.93. The standard InChI is InChI=1S/C13H21N3O2/c1-4-10(2)8-15(3)9-11-7-12(16(17)18)5-6-13(11)14/h5-7,10H,4,8-9,14H2,1-3H3. The Morgan fingerprint density at radius 2 is 2.17 bits per heavy atom. The van der Waals surface area contributed by atoms with E-state index >= 15 is 0 Å². The fourth-order valence-corrected chi connectivity index (χ4v) is 1.86. The van der Waals surface area contributed by atoms with Gasteiger partial charge in [-0.25, -0.2) is 0 Å². The van der Waals surface area contributed by atoms with Crippen LogP contribution in [0.25, 0.3) is 0 Å². The third-order valence-electron chi connectivity index (χ3n) is 3.10. The molecule has 1 unspecified atom stereocenters. The number of hydrogen-bond acceptors (Lipinski definition) is 4. The average molecular weight is 251 g/mol. The molecule has 100 valence electrons. The van der Waals surface area contributed by atoms with Crippen LogP contribution in [0.5, 0.6) is 0 Å². The normalized spacial score (nSPS) is 12.7. The first-order valence-corrected chi connectivity index (χ1v) is 6.15. The van der Waals surface area contributed by atoms with Crippen LogP contribution in [0.3, 0.4) is 0 Å². The summed E-state index contributed by atoms with van der Waals surface area (Å²) in [6.07, 6.45) is 1.12. The molecule has 0 bridgehead atoms. The number of nitrogens with two attached hydrogens (primary N) is 1. The summed E-state index contributed by atoms with van der Waals surface area (Å²) in [5.74, 6) is 0.606. The van der Waals surface area contributed by atoms with Crippen molar-refractivity contribution in [2.75, 3.05) is 19.3 Å². The Hall–Kier alpha value is -1.62. The Balaban J connectivity index is 2.77. The number of rotatable bonds is 6. The predicted molar refractivity (Wildman–Crippen MR) is 73.3 cm³/mol. The molecule has 0 radical (unpaired) electrons. The summed E-state index contributed by atoms with van der Waals surface area (Å²) in [5, 5.41) is 10.7. The largest absolute Gasteiger partial charge is 0.398 e. The molecule has 0 spiro atoms. The van der Waals surface area contributed by atoms with Crippen molar-refractivity contribution in [2.24, 2.45) is 5.92 Å². The summed E-state index contributed by atoms with van der Waals surface area (Å²) >= 11 is 0. The zero-order valence-electron chi connectivity index (χ0n) is 11.2. The minimum atomic E-state index is -0.391. The lowest BCUT2D eigenvalue weighted by atomic mass is 10.1. The molecule has 2 N–H and O–H groups in total. The number of anilines is 1. The number of nitrogen functional groups attached to an aromatic ring is 1. The second-order valence-electron chi connectivity index (χ2n) is 4.85. The number of benzene rings is 1. The molecule has 0 heterocycles. The van der Waals surface area contributed by atoms with Gasteiger partial charge in [-0.15, -0.1) is 0 Å². The topological polar surface area (TPSA) is 72.4 Å². The maximum atomic E-state index is 10.7. The van der Waals surface area contributed by atoms with Gasteiger partial charge in [0, 0.05) is 30.9 Å². The molecule has 0 amide bonds. The summed E-state index contributed by atoms with van der Waals surface area (Å²) in [6, 6.07) is 4.60. The molecule has 1 aromatic rings. The zero-order chi connectivity index (χ0) is 13.7. The molecular formula is C13H21N3O2. The van der Waals surface area contributed by atoms with Gasteiger partial charge in [0.25, 0.3) is 5.69 Å². The fraction of sp³-hybridized carbons (Fsp3) is 0.538. The van der Waals surface area contributed by atoms with Crippen molar-refractivity contribution in [1.29, 1.82) is 0 Å². The molecule has 18 heavy (non-hydrogen) atoms. The number of hydrogen-bond donors (Lipinski definition) is 1. The number of nitro groups is 1. The summed E-state index contributed by atoms with van der Waals surface area (Å²) in [7, 11) is 2.00. The van der Waals surface area contributed by atoms with Gasteiger partial charge in [0.05, 0.1) is 4.92 Å². The molecule has 0 aliphatic heterocycles. The van der Waals surface area contributed by atoms with E-state index in [0.717, 1.165) is 18.5 Å². The third-order valence-corrected chi connectivity index (χ3v) is 3.10. The van der Waals surface area contributed by atoms with E-state index in [1.165, 1.54) is 6.07 Å². The highest BCUT2D eigenvalue weighted by Gasteiger charge is 2.12. The van der Waals surface area contributed by atoms with Gasteiger partial charge in [-0.05, 0) is 24.6 Å². The van der Waals surface area contributed by atoms with Crippen LogP contribution in [0.2, 0.25) is 0 Å². The highest BCUT2D eigenvalue weighted by Crippen LogP contribution is 2.21. The minimum Gasteiger partial charge on any atom is -0.398 e. The maximum Gasteiger partial charge on any atom is 0.269 e. The van der Waals surface area contributed by atoms with E-state index in [9.17, 15) is 10.1 Å². The van der Waals surface area contributed by atoms with E-state index in [4.69, 9.17) is 5.73 Å². The third kappa shape index (κ3) is 4.00. The molecule has 1 atom stereocenters. The maximum absolute atomic E-state index is 10.7. The molecule has 0 aliphatic rings. The van der Waals surface area contributed by atoms with Crippen LogP contribution in [0, 0.1) is 16.0 Å². The minimum absolute atomic E-state index is 0.0936. The second-order valence-corrected chi connectivity index (χ2v) is 4.85. The van der Waals surface area contributed by atoms with Gasteiger partial charge in [0.15, 0.2) is 0 Å². The first kappa shape index (κ1) is 14.4. The van der Waals surface area contributed by atoms with Crippen LogP contribution in [-0.4, -0.2) is 23.4 Å². The van der Waals surface area contributed by atoms with Crippen LogP contribution < -0.4 is 5.73 Å². The van der Waals surface area contributed by atoms with Crippen molar-refractivity contribution in [2.45, 2.75) is 26.8 Å². The molecule has 0 aromatic heterocycles. The number of non-ortho nitro benzene ring substituents is 1. The molecule has 5 nitrogen and oxygen atoms in total. The Morgan fingerprint density at radius 1 is 1.50 bits per heavy atom. The Bertz CT molecular complexity index is 421. The van der Waals surface area contributed by atoms with E-state index in [2.05, 4.69) is 18.7 Å². The lowest BCUT2D eigenvalue weighted by molar-refractivity contribution is -0.384. The van der Waals surface area contributed by atoms with Crippen LogP contribution in [0.4, 0.5) is 11.4 Å². The molecular weight excluding hydrogens is 230 g/mol. The summed E-state index contributed by atoms with van der Waals surface area (Å²) < 4.78 is 0. The van der Waals surface area contributed by atoms with Gasteiger partial charge in [0.1, 0.15) is 0 Å². The van der Waals surface area contributed by atoms with Gasteiger partial charge in [0.2, 0.25) is 0 Å². The first-order valence-electron chi connectivity index (χ1n) is 6.15. The van der Waals surface area contributed by atoms with Gasteiger partial charge in [-0.3, -0.25) is 10.1 Å². The second kappa shape index (κ2) is 6.35.